The number of aromatic nitrogens is 1. The van der Waals surface area contributed by atoms with Gasteiger partial charge >= 0.3 is 5.63 Å². The smallest absolute Gasteiger partial charge is 0.339 e. The van der Waals surface area contributed by atoms with Crippen LogP contribution in [-0.4, -0.2) is 4.98 Å². The van der Waals surface area contributed by atoms with Gasteiger partial charge in [-0.2, -0.15) is 0 Å². The summed E-state index contributed by atoms with van der Waals surface area (Å²) < 4.78 is 5.70. The minimum atomic E-state index is -0.178. The van der Waals surface area contributed by atoms with Crippen LogP contribution in [0.5, 0.6) is 0 Å². The Bertz CT molecular complexity index is 1430. The Morgan fingerprint density at radius 2 is 1.45 bits per heavy atom. The highest BCUT2D eigenvalue weighted by Crippen LogP contribution is 2.40. The van der Waals surface area contributed by atoms with Crippen molar-refractivity contribution in [3.05, 3.63) is 94.3 Å². The predicted octanol–water partition coefficient (Wildman–Crippen LogP) is 6.10. The van der Waals surface area contributed by atoms with Crippen LogP contribution in [0.1, 0.15) is 17.5 Å². The Morgan fingerprint density at radius 1 is 0.759 bits per heavy atom. The second kappa shape index (κ2) is 6.21. The van der Waals surface area contributed by atoms with Crippen molar-refractivity contribution in [3.8, 4) is 22.4 Å². The first-order valence-electron chi connectivity index (χ1n) is 10.0. The van der Waals surface area contributed by atoms with E-state index in [-0.39, 0.29) is 5.63 Å². The summed E-state index contributed by atoms with van der Waals surface area (Å²) >= 11 is 0. The van der Waals surface area contributed by atoms with Crippen molar-refractivity contribution in [3.63, 3.8) is 0 Å². The van der Waals surface area contributed by atoms with E-state index in [0.29, 0.717) is 5.58 Å². The van der Waals surface area contributed by atoms with E-state index < -0.39 is 0 Å². The average molecular weight is 377 g/mol. The summed E-state index contributed by atoms with van der Waals surface area (Å²) in [5, 5.41) is 2.23. The molecule has 0 amide bonds. The first-order chi connectivity index (χ1) is 14.3. The molecule has 1 aliphatic rings. The monoisotopic (exact) mass is 377 g/mol. The molecule has 0 radical (unpaired) electrons. The van der Waals surface area contributed by atoms with Crippen LogP contribution in [-0.2, 0) is 12.8 Å². The third-order valence-electron chi connectivity index (χ3n) is 6.02. The Morgan fingerprint density at radius 3 is 2.21 bits per heavy atom. The molecule has 2 aromatic heterocycles. The maximum absolute atomic E-state index is 12.4. The van der Waals surface area contributed by atoms with Gasteiger partial charge in [-0.15, -0.1) is 0 Å². The third-order valence-corrected chi connectivity index (χ3v) is 6.02. The molecule has 29 heavy (non-hydrogen) atoms. The number of nitrogens with one attached hydrogen (secondary N) is 1. The minimum absolute atomic E-state index is 0.178. The van der Waals surface area contributed by atoms with Crippen LogP contribution >= 0.6 is 0 Å². The molecule has 0 spiro atoms. The molecule has 0 fully saturated rings. The maximum Gasteiger partial charge on any atom is 0.339 e. The molecule has 2 heterocycles. The van der Waals surface area contributed by atoms with Crippen molar-refractivity contribution >= 4 is 21.9 Å². The van der Waals surface area contributed by atoms with Gasteiger partial charge in [-0.1, -0.05) is 60.7 Å². The third kappa shape index (κ3) is 2.47. The highest BCUT2D eigenvalue weighted by molar-refractivity contribution is 6.08. The molecule has 3 heteroatoms. The topological polar surface area (TPSA) is 46.0 Å². The van der Waals surface area contributed by atoms with Gasteiger partial charge in [0.2, 0.25) is 0 Å². The number of benzene rings is 3. The molecular weight excluding hydrogens is 358 g/mol. The van der Waals surface area contributed by atoms with Crippen LogP contribution in [0.2, 0.25) is 0 Å². The van der Waals surface area contributed by atoms with Crippen molar-refractivity contribution in [2.75, 3.05) is 0 Å². The van der Waals surface area contributed by atoms with Crippen molar-refractivity contribution in [2.24, 2.45) is 0 Å². The lowest BCUT2D eigenvalue weighted by molar-refractivity contribution is 0.552. The van der Waals surface area contributed by atoms with Crippen molar-refractivity contribution < 1.29 is 4.42 Å². The fraction of sp³-hybridized carbons (Fsp3) is 0.115. The molecule has 5 aromatic rings. The highest BCUT2D eigenvalue weighted by atomic mass is 16.4. The average Bonchev–Trinajstić information content (AvgIpc) is 3.39. The number of aromatic amines is 1. The zero-order valence-corrected chi connectivity index (χ0v) is 15.9. The standard InChI is InChI=1S/C26H19NO2/c28-26-19-13-7-12-18(19)20-14-21-22(15-23(20)29-26)27-25(17-10-5-2-6-11-17)24(21)16-8-3-1-4-9-16/h1-6,8-11,14-15,27H,7,12-13H2. The SMILES string of the molecule is O=c1oc2cc3[nH]c(-c4ccccc4)c(-c4ccccc4)c3cc2c2c1CCC2. The summed E-state index contributed by atoms with van der Waals surface area (Å²) in [5.74, 6) is 0. The molecule has 0 saturated carbocycles. The van der Waals surface area contributed by atoms with Crippen LogP contribution in [0, 0.1) is 0 Å². The first kappa shape index (κ1) is 16.4. The first-order valence-corrected chi connectivity index (χ1v) is 10.0. The van der Waals surface area contributed by atoms with Crippen LogP contribution in [0.3, 0.4) is 0 Å². The lowest BCUT2D eigenvalue weighted by atomic mass is 9.97. The van der Waals surface area contributed by atoms with Crippen LogP contribution in [0.25, 0.3) is 44.3 Å². The van der Waals surface area contributed by atoms with Crippen LogP contribution < -0.4 is 5.63 Å². The molecule has 1 N–H and O–H groups in total. The molecule has 1 aliphatic carbocycles. The van der Waals surface area contributed by atoms with E-state index in [1.54, 1.807) is 0 Å². The fourth-order valence-corrected chi connectivity index (χ4v) is 4.70. The summed E-state index contributed by atoms with van der Waals surface area (Å²) in [7, 11) is 0. The van der Waals surface area contributed by atoms with Crippen LogP contribution in [0.4, 0.5) is 0 Å². The number of aryl methyl sites for hydroxylation is 1. The molecule has 0 saturated heterocycles. The van der Waals surface area contributed by atoms with Gasteiger partial charge < -0.3 is 9.40 Å². The number of H-pyrrole nitrogens is 1. The van der Waals surface area contributed by atoms with E-state index in [1.165, 1.54) is 16.7 Å². The molecule has 140 valence electrons. The summed E-state index contributed by atoms with van der Waals surface area (Å²) in [6.07, 6.45) is 2.78. The Kier molecular flexibility index (Phi) is 3.51. The molecule has 0 bridgehead atoms. The molecule has 3 nitrogen and oxygen atoms in total. The zero-order valence-electron chi connectivity index (χ0n) is 15.9. The van der Waals surface area contributed by atoms with Crippen molar-refractivity contribution in [1.29, 1.82) is 0 Å². The van der Waals surface area contributed by atoms with Crippen molar-refractivity contribution in [1.82, 2.24) is 4.98 Å². The second-order valence-electron chi connectivity index (χ2n) is 7.70. The maximum atomic E-state index is 12.4. The number of fused-ring (bicyclic) bond motifs is 4. The van der Waals surface area contributed by atoms with E-state index >= 15 is 0 Å². The largest absolute Gasteiger partial charge is 0.422 e. The highest BCUT2D eigenvalue weighted by Gasteiger charge is 2.22. The van der Waals surface area contributed by atoms with Gasteiger partial charge in [-0.3, -0.25) is 0 Å². The normalized spacial score (nSPS) is 13.2. The summed E-state index contributed by atoms with van der Waals surface area (Å²) in [5.41, 5.74) is 8.08. The van der Waals surface area contributed by atoms with Gasteiger partial charge in [0.1, 0.15) is 5.58 Å². The number of hydrogen-bond donors (Lipinski definition) is 1. The minimum Gasteiger partial charge on any atom is -0.422 e. The Hall–Kier alpha value is -3.59. The van der Waals surface area contributed by atoms with Gasteiger partial charge in [0.15, 0.2) is 0 Å². The molecule has 0 aliphatic heterocycles. The summed E-state index contributed by atoms with van der Waals surface area (Å²) in [6.45, 7) is 0. The van der Waals surface area contributed by atoms with E-state index in [1.807, 2.05) is 18.2 Å². The summed E-state index contributed by atoms with van der Waals surface area (Å²) in [4.78, 5) is 16.0. The number of rotatable bonds is 2. The molecular formula is C26H19NO2. The summed E-state index contributed by atoms with van der Waals surface area (Å²) in [6, 6.07) is 25.1. The molecule has 3 aromatic carbocycles. The van der Waals surface area contributed by atoms with Gasteiger partial charge in [-0.25, -0.2) is 4.79 Å². The van der Waals surface area contributed by atoms with E-state index in [9.17, 15) is 4.79 Å². The number of hydrogen-bond acceptors (Lipinski definition) is 2. The van der Waals surface area contributed by atoms with Gasteiger partial charge in [0, 0.05) is 28.0 Å². The van der Waals surface area contributed by atoms with E-state index in [2.05, 4.69) is 59.6 Å². The molecule has 0 atom stereocenters. The molecule has 0 unspecified atom stereocenters. The lowest BCUT2D eigenvalue weighted by Crippen LogP contribution is -2.06. The van der Waals surface area contributed by atoms with Gasteiger partial charge in [0.25, 0.3) is 0 Å². The van der Waals surface area contributed by atoms with E-state index in [4.69, 9.17) is 4.42 Å². The van der Waals surface area contributed by atoms with E-state index in [0.717, 1.165) is 52.4 Å². The zero-order chi connectivity index (χ0) is 19.4. The second-order valence-corrected chi connectivity index (χ2v) is 7.70. The van der Waals surface area contributed by atoms with Crippen LogP contribution in [0.15, 0.2) is 82.0 Å². The van der Waals surface area contributed by atoms with Crippen molar-refractivity contribution in [2.45, 2.75) is 19.3 Å². The van der Waals surface area contributed by atoms with Gasteiger partial charge in [0.05, 0.1) is 11.2 Å². The lowest BCUT2D eigenvalue weighted by Gasteiger charge is -2.07. The Balaban J connectivity index is 1.75. The fourth-order valence-electron chi connectivity index (χ4n) is 4.70. The van der Waals surface area contributed by atoms with Gasteiger partial charge in [-0.05, 0) is 42.0 Å². The predicted molar refractivity (Wildman–Crippen MR) is 117 cm³/mol. The molecule has 6 rings (SSSR count). The quantitative estimate of drug-likeness (QED) is 0.378. The Labute approximate surface area is 167 Å².